The molecular formula is C28H29ClF2N8O. The predicted molar refractivity (Wildman–Crippen MR) is 148 cm³/mol. The summed E-state index contributed by atoms with van der Waals surface area (Å²) in [5, 5.41) is 4.85. The maximum absolute atomic E-state index is 13.8. The molecule has 4 aromatic rings. The third-order valence-corrected chi connectivity index (χ3v) is 7.46. The average molecular weight is 567 g/mol. The summed E-state index contributed by atoms with van der Waals surface area (Å²) in [7, 11) is 1.70. The molecule has 3 aromatic heterocycles. The molecule has 4 heterocycles. The Hall–Kier alpha value is -3.86. The number of alkyl halides is 2. The Labute approximate surface area is 235 Å². The van der Waals surface area contributed by atoms with E-state index in [1.54, 1.807) is 28.7 Å². The Morgan fingerprint density at radius 1 is 1.12 bits per heavy atom. The molecule has 9 nitrogen and oxygen atoms in total. The van der Waals surface area contributed by atoms with Gasteiger partial charge in [0.2, 0.25) is 5.91 Å². The number of aromatic nitrogens is 6. The maximum Gasteiger partial charge on any atom is 0.288 e. The molecule has 0 radical (unpaired) electrons. The maximum atomic E-state index is 13.8. The van der Waals surface area contributed by atoms with E-state index in [1.807, 2.05) is 47.9 Å². The van der Waals surface area contributed by atoms with E-state index in [2.05, 4.69) is 15.1 Å². The quantitative estimate of drug-likeness (QED) is 0.289. The third kappa shape index (κ3) is 4.72. The van der Waals surface area contributed by atoms with E-state index in [1.165, 1.54) is 6.20 Å². The van der Waals surface area contributed by atoms with Gasteiger partial charge in [0.25, 0.3) is 5.92 Å². The van der Waals surface area contributed by atoms with Crippen LogP contribution in [0.2, 0.25) is 5.02 Å². The largest absolute Gasteiger partial charge is 0.341 e. The zero-order chi connectivity index (χ0) is 28.3. The van der Waals surface area contributed by atoms with E-state index in [9.17, 15) is 13.6 Å². The van der Waals surface area contributed by atoms with Crippen LogP contribution in [0.4, 0.5) is 20.3 Å². The number of aryl methyl sites for hydroxylation is 1. The first kappa shape index (κ1) is 26.4. The molecule has 0 bridgehead atoms. The Balaban J connectivity index is 1.34. The first-order valence-electron chi connectivity index (χ1n) is 13.2. The highest BCUT2D eigenvalue weighted by atomic mass is 35.5. The van der Waals surface area contributed by atoms with Crippen molar-refractivity contribution in [2.24, 2.45) is 7.05 Å². The van der Waals surface area contributed by atoms with Crippen molar-refractivity contribution in [2.45, 2.75) is 58.2 Å². The number of hydrogen-bond acceptors (Lipinski definition) is 6. The summed E-state index contributed by atoms with van der Waals surface area (Å²) < 4.78 is 31.0. The third-order valence-electron chi connectivity index (χ3n) is 7.18. The van der Waals surface area contributed by atoms with Gasteiger partial charge in [0.1, 0.15) is 22.9 Å². The van der Waals surface area contributed by atoms with Crippen LogP contribution in [0.5, 0.6) is 0 Å². The van der Waals surface area contributed by atoms with E-state index in [4.69, 9.17) is 16.6 Å². The van der Waals surface area contributed by atoms with Crippen molar-refractivity contribution < 1.29 is 13.6 Å². The molecule has 40 heavy (non-hydrogen) atoms. The fraction of sp³-hybridized carbons (Fsp3) is 0.393. The van der Waals surface area contributed by atoms with Crippen LogP contribution >= 0.6 is 11.6 Å². The summed E-state index contributed by atoms with van der Waals surface area (Å²) in [4.78, 5) is 30.7. The molecule has 0 saturated heterocycles. The summed E-state index contributed by atoms with van der Waals surface area (Å²) in [5.41, 5.74) is 2.70. The smallest absolute Gasteiger partial charge is 0.288 e. The molecule has 0 N–H and O–H groups in total. The molecule has 0 atom stereocenters. The molecule has 12 heteroatoms. The minimum atomic E-state index is -3.02. The van der Waals surface area contributed by atoms with Crippen molar-refractivity contribution in [2.75, 3.05) is 16.3 Å². The lowest BCUT2D eigenvalue weighted by molar-refractivity contribution is -0.117. The number of fused-ring (bicyclic) bond motifs is 1. The number of carbonyl (C=O) groups excluding carboxylic acids is 1. The van der Waals surface area contributed by atoms with Gasteiger partial charge in [-0.05, 0) is 32.3 Å². The highest BCUT2D eigenvalue weighted by molar-refractivity contribution is 6.32. The number of halogens is 3. The lowest BCUT2D eigenvalue weighted by Crippen LogP contribution is -2.47. The predicted octanol–water partition coefficient (Wildman–Crippen LogP) is 5.60. The van der Waals surface area contributed by atoms with Gasteiger partial charge in [-0.1, -0.05) is 35.9 Å². The summed E-state index contributed by atoms with van der Waals surface area (Å²) in [6.45, 7) is 5.45. The van der Waals surface area contributed by atoms with Gasteiger partial charge in [0.05, 0.1) is 24.0 Å². The molecule has 1 aliphatic heterocycles. The van der Waals surface area contributed by atoms with Crippen molar-refractivity contribution in [1.82, 2.24) is 29.3 Å². The van der Waals surface area contributed by atoms with Crippen molar-refractivity contribution in [1.29, 1.82) is 0 Å². The average Bonchev–Trinajstić information content (AvgIpc) is 3.53. The number of carbonyl (C=O) groups is 1. The first-order valence-corrected chi connectivity index (χ1v) is 13.6. The summed E-state index contributed by atoms with van der Waals surface area (Å²) in [6.07, 6.45) is 6.56. The summed E-state index contributed by atoms with van der Waals surface area (Å²) >= 11 is 6.50. The van der Waals surface area contributed by atoms with Crippen LogP contribution < -0.4 is 9.80 Å². The van der Waals surface area contributed by atoms with E-state index in [-0.39, 0.29) is 30.2 Å². The Morgan fingerprint density at radius 2 is 1.85 bits per heavy atom. The molecule has 1 saturated carbocycles. The lowest BCUT2D eigenvalue weighted by atomic mass is 10.1. The highest BCUT2D eigenvalue weighted by Gasteiger charge is 2.40. The van der Waals surface area contributed by atoms with Gasteiger partial charge in [0.15, 0.2) is 11.6 Å². The summed E-state index contributed by atoms with van der Waals surface area (Å²) in [6, 6.07) is 7.76. The minimum absolute atomic E-state index is 0.00857. The van der Waals surface area contributed by atoms with E-state index in [0.717, 1.165) is 30.9 Å². The second-order valence-corrected chi connectivity index (χ2v) is 11.2. The molecular weight excluding hydrogens is 538 g/mol. The SMILES string of the molecule is CC(C)n1ncc(Cl)c1-c1ncc2c(n1)N(Cc1ccc(-c3nc(C(C)(F)F)cn3C)cc1)CC(=O)N2C1CC1. The van der Waals surface area contributed by atoms with E-state index in [0.29, 0.717) is 40.4 Å². The first-order chi connectivity index (χ1) is 19.0. The van der Waals surface area contributed by atoms with Crippen LogP contribution in [0.3, 0.4) is 0 Å². The molecule has 0 unspecified atom stereocenters. The fourth-order valence-electron chi connectivity index (χ4n) is 5.06. The normalized spacial score (nSPS) is 15.8. The molecule has 0 spiro atoms. The van der Waals surface area contributed by atoms with Crippen LogP contribution in [0.25, 0.3) is 22.9 Å². The number of imidazole rings is 1. The zero-order valence-corrected chi connectivity index (χ0v) is 23.4. The summed E-state index contributed by atoms with van der Waals surface area (Å²) in [5.74, 6) is -1.45. The van der Waals surface area contributed by atoms with Crippen LogP contribution in [0.15, 0.2) is 42.9 Å². The van der Waals surface area contributed by atoms with Gasteiger partial charge in [-0.15, -0.1) is 0 Å². The molecule has 1 fully saturated rings. The number of nitrogens with zero attached hydrogens (tertiary/aromatic N) is 8. The fourth-order valence-corrected chi connectivity index (χ4v) is 5.28. The Bertz CT molecular complexity index is 1590. The van der Waals surface area contributed by atoms with Gasteiger partial charge in [-0.2, -0.15) is 13.9 Å². The zero-order valence-electron chi connectivity index (χ0n) is 22.6. The number of rotatable bonds is 7. The molecule has 1 aromatic carbocycles. The van der Waals surface area contributed by atoms with Crippen molar-refractivity contribution in [3.8, 4) is 22.9 Å². The van der Waals surface area contributed by atoms with Crippen molar-refractivity contribution in [3.63, 3.8) is 0 Å². The second-order valence-electron chi connectivity index (χ2n) is 10.8. The molecule has 6 rings (SSSR count). The van der Waals surface area contributed by atoms with Gasteiger partial charge < -0.3 is 14.4 Å². The number of anilines is 2. The van der Waals surface area contributed by atoms with E-state index >= 15 is 0 Å². The number of amides is 1. The Morgan fingerprint density at radius 3 is 2.48 bits per heavy atom. The van der Waals surface area contributed by atoms with Crippen LogP contribution in [0.1, 0.15) is 50.9 Å². The number of benzene rings is 1. The molecule has 1 amide bonds. The topological polar surface area (TPSA) is 85.0 Å². The molecule has 208 valence electrons. The van der Waals surface area contributed by atoms with Crippen LogP contribution in [0, 0.1) is 0 Å². The van der Waals surface area contributed by atoms with Crippen molar-refractivity contribution in [3.05, 3.63) is 59.1 Å². The van der Waals surface area contributed by atoms with Gasteiger partial charge in [-0.25, -0.2) is 15.0 Å². The van der Waals surface area contributed by atoms with Gasteiger partial charge in [-0.3, -0.25) is 9.48 Å². The van der Waals surface area contributed by atoms with Gasteiger partial charge in [0, 0.05) is 44.4 Å². The van der Waals surface area contributed by atoms with Gasteiger partial charge >= 0.3 is 0 Å². The Kier molecular flexibility index (Phi) is 6.36. The highest BCUT2D eigenvalue weighted by Crippen LogP contribution is 2.41. The second kappa shape index (κ2) is 9.65. The van der Waals surface area contributed by atoms with Crippen LogP contribution in [-0.4, -0.2) is 47.8 Å². The lowest BCUT2D eigenvalue weighted by Gasteiger charge is -2.36. The number of hydrogen-bond donors (Lipinski definition) is 0. The monoisotopic (exact) mass is 566 g/mol. The van der Waals surface area contributed by atoms with Crippen molar-refractivity contribution >= 4 is 29.0 Å². The standard InChI is InChI=1S/C28H29ClF2N8O/c1-16(2)39-24(20(29)11-33-39)25-32-12-21-27(35-25)37(15-23(40)38(21)19-9-10-19)13-17-5-7-18(8-6-17)26-34-22(14-36(26)4)28(3,30)31/h5-8,11-12,14,16,19H,9-10,13,15H2,1-4H3. The van der Waals surface area contributed by atoms with E-state index < -0.39 is 5.92 Å². The molecule has 1 aliphatic carbocycles. The van der Waals surface area contributed by atoms with Crippen LogP contribution in [-0.2, 0) is 24.3 Å². The molecule has 2 aliphatic rings. The minimum Gasteiger partial charge on any atom is -0.341 e.